The van der Waals surface area contributed by atoms with Gasteiger partial charge < -0.3 is 9.47 Å². The number of rotatable bonds is 5. The Morgan fingerprint density at radius 3 is 2.43 bits per heavy atom. The minimum atomic E-state index is -0.367. The maximum absolute atomic E-state index is 5.48. The summed E-state index contributed by atoms with van der Waals surface area (Å²) in [6, 6.07) is 1.89. The summed E-state index contributed by atoms with van der Waals surface area (Å²) in [5.41, 5.74) is 3.82. The molecule has 0 saturated carbocycles. The van der Waals surface area contributed by atoms with Crippen LogP contribution < -0.4 is 11.3 Å². The molecule has 0 saturated heterocycles. The summed E-state index contributed by atoms with van der Waals surface area (Å²) in [6.07, 6.45) is -0.367. The first-order valence-electron chi connectivity index (χ1n) is 4.30. The molecular weight excluding hydrogens is 200 g/mol. The molecule has 3 N–H and O–H groups in total. The van der Waals surface area contributed by atoms with Crippen molar-refractivity contribution in [3.05, 3.63) is 21.9 Å². The molecule has 0 fully saturated rings. The van der Waals surface area contributed by atoms with Crippen LogP contribution in [-0.2, 0) is 9.47 Å². The van der Waals surface area contributed by atoms with Crippen molar-refractivity contribution in [2.45, 2.75) is 19.3 Å². The summed E-state index contributed by atoms with van der Waals surface area (Å²) in [6.45, 7) is 2.05. The molecule has 5 heteroatoms. The molecule has 0 spiro atoms. The van der Waals surface area contributed by atoms with Crippen molar-refractivity contribution < 1.29 is 9.47 Å². The molecule has 0 radical (unpaired) electrons. The Bertz CT molecular complexity index is 274. The van der Waals surface area contributed by atoms with Crippen LogP contribution in [0.15, 0.2) is 11.4 Å². The van der Waals surface area contributed by atoms with E-state index in [-0.39, 0.29) is 12.3 Å². The van der Waals surface area contributed by atoms with Gasteiger partial charge in [-0.1, -0.05) is 0 Å². The average Bonchev–Trinajstić information content (AvgIpc) is 2.61. The highest BCUT2D eigenvalue weighted by Gasteiger charge is 2.23. The molecule has 0 aliphatic rings. The van der Waals surface area contributed by atoms with Crippen LogP contribution in [0.5, 0.6) is 0 Å². The molecule has 0 aliphatic heterocycles. The van der Waals surface area contributed by atoms with E-state index < -0.39 is 0 Å². The van der Waals surface area contributed by atoms with Gasteiger partial charge in [-0.2, -0.15) is 0 Å². The van der Waals surface area contributed by atoms with E-state index in [4.69, 9.17) is 15.3 Å². The summed E-state index contributed by atoms with van der Waals surface area (Å²) in [5.74, 6) is 5.48. The number of nitrogens with two attached hydrogens (primary N) is 1. The summed E-state index contributed by atoms with van der Waals surface area (Å²) >= 11 is 1.68. The summed E-state index contributed by atoms with van der Waals surface area (Å²) < 4.78 is 10.3. The summed E-state index contributed by atoms with van der Waals surface area (Å²) in [5, 5.41) is 2.03. The van der Waals surface area contributed by atoms with Gasteiger partial charge in [0.25, 0.3) is 0 Å². The first-order valence-corrected chi connectivity index (χ1v) is 5.18. The van der Waals surface area contributed by atoms with Gasteiger partial charge >= 0.3 is 0 Å². The second-order valence-electron chi connectivity index (χ2n) is 2.92. The minimum Gasteiger partial charge on any atom is -0.354 e. The Kier molecular flexibility index (Phi) is 4.50. The van der Waals surface area contributed by atoms with Crippen molar-refractivity contribution in [2.24, 2.45) is 5.84 Å². The van der Waals surface area contributed by atoms with Crippen LogP contribution in [0.1, 0.15) is 16.5 Å². The highest BCUT2D eigenvalue weighted by molar-refractivity contribution is 7.10. The average molecular weight is 216 g/mol. The summed E-state index contributed by atoms with van der Waals surface area (Å²) in [7, 11) is 3.19. The number of nitrogens with one attached hydrogen (secondary N) is 1. The highest BCUT2D eigenvalue weighted by Crippen LogP contribution is 2.25. The predicted molar refractivity (Wildman–Crippen MR) is 56.9 cm³/mol. The molecule has 4 nitrogen and oxygen atoms in total. The Balaban J connectivity index is 2.86. The molecule has 1 aromatic rings. The lowest BCUT2D eigenvalue weighted by atomic mass is 10.1. The van der Waals surface area contributed by atoms with Gasteiger partial charge in [0.1, 0.15) is 0 Å². The number of hydrogen-bond acceptors (Lipinski definition) is 5. The fourth-order valence-corrected chi connectivity index (χ4v) is 2.15. The largest absolute Gasteiger partial charge is 0.354 e. The summed E-state index contributed by atoms with van der Waals surface area (Å²) in [4.78, 5) is 1.21. The fourth-order valence-electron chi connectivity index (χ4n) is 1.40. The third-order valence-electron chi connectivity index (χ3n) is 2.15. The van der Waals surface area contributed by atoms with Crippen LogP contribution in [0.25, 0.3) is 0 Å². The molecule has 1 unspecified atom stereocenters. The number of hydrogen-bond donors (Lipinski definition) is 2. The molecule has 80 valence electrons. The Labute approximate surface area is 88.0 Å². The fraction of sp³-hybridized carbons (Fsp3) is 0.556. The zero-order chi connectivity index (χ0) is 10.6. The van der Waals surface area contributed by atoms with Gasteiger partial charge in [-0.15, -0.1) is 11.3 Å². The van der Waals surface area contributed by atoms with E-state index in [1.54, 1.807) is 25.6 Å². The van der Waals surface area contributed by atoms with Crippen LogP contribution in [0, 0.1) is 6.92 Å². The highest BCUT2D eigenvalue weighted by atomic mass is 32.1. The lowest BCUT2D eigenvalue weighted by Crippen LogP contribution is -2.38. The Morgan fingerprint density at radius 1 is 1.43 bits per heavy atom. The lowest BCUT2D eigenvalue weighted by molar-refractivity contribution is -0.124. The van der Waals surface area contributed by atoms with Crippen molar-refractivity contribution in [2.75, 3.05) is 14.2 Å². The van der Waals surface area contributed by atoms with Gasteiger partial charge in [0.15, 0.2) is 6.29 Å². The molecule has 1 rings (SSSR count). The van der Waals surface area contributed by atoms with Crippen LogP contribution in [0.3, 0.4) is 0 Å². The third-order valence-corrected chi connectivity index (χ3v) is 3.01. The van der Waals surface area contributed by atoms with E-state index >= 15 is 0 Å². The second-order valence-corrected chi connectivity index (χ2v) is 4.04. The molecule has 1 heterocycles. The maximum atomic E-state index is 5.48. The van der Waals surface area contributed by atoms with Gasteiger partial charge in [-0.3, -0.25) is 5.84 Å². The minimum absolute atomic E-state index is 0.128. The van der Waals surface area contributed by atoms with Crippen LogP contribution in [0.2, 0.25) is 0 Å². The van der Waals surface area contributed by atoms with Crippen LogP contribution >= 0.6 is 11.3 Å². The lowest BCUT2D eigenvalue weighted by Gasteiger charge is -2.24. The standard InChI is InChI=1S/C9H16N2O2S/c1-6-7(4-5-14-6)8(11-10)9(12-2)13-3/h4-5,8-9,11H,10H2,1-3H3. The van der Waals surface area contributed by atoms with Gasteiger partial charge in [-0.25, -0.2) is 5.43 Å². The van der Waals surface area contributed by atoms with Gasteiger partial charge in [0.2, 0.25) is 0 Å². The van der Waals surface area contributed by atoms with Crippen molar-refractivity contribution in [3.63, 3.8) is 0 Å². The van der Waals surface area contributed by atoms with E-state index in [0.717, 1.165) is 5.56 Å². The van der Waals surface area contributed by atoms with E-state index in [1.807, 2.05) is 18.4 Å². The number of methoxy groups -OCH3 is 2. The quantitative estimate of drug-likeness (QED) is 0.441. The zero-order valence-corrected chi connectivity index (χ0v) is 9.43. The molecule has 0 amide bonds. The molecular formula is C9H16N2O2S. The van der Waals surface area contributed by atoms with Gasteiger partial charge in [-0.05, 0) is 23.9 Å². The number of ether oxygens (including phenoxy) is 2. The van der Waals surface area contributed by atoms with E-state index in [0.29, 0.717) is 0 Å². The van der Waals surface area contributed by atoms with Gasteiger partial charge in [0, 0.05) is 19.1 Å². The van der Waals surface area contributed by atoms with Crippen molar-refractivity contribution >= 4 is 11.3 Å². The van der Waals surface area contributed by atoms with Gasteiger partial charge in [0.05, 0.1) is 6.04 Å². The Morgan fingerprint density at radius 2 is 2.07 bits per heavy atom. The van der Waals surface area contributed by atoms with Crippen LogP contribution in [0.4, 0.5) is 0 Å². The predicted octanol–water partition coefficient (Wildman–Crippen LogP) is 1.18. The molecule has 0 aromatic carbocycles. The first-order chi connectivity index (χ1) is 6.74. The normalized spacial score (nSPS) is 13.5. The molecule has 0 aliphatic carbocycles. The molecule has 1 atom stereocenters. The zero-order valence-electron chi connectivity index (χ0n) is 8.61. The number of thiophene rings is 1. The van der Waals surface area contributed by atoms with E-state index in [1.165, 1.54) is 4.88 Å². The topological polar surface area (TPSA) is 56.5 Å². The monoisotopic (exact) mass is 216 g/mol. The smallest absolute Gasteiger partial charge is 0.177 e. The maximum Gasteiger partial charge on any atom is 0.177 e. The second kappa shape index (κ2) is 5.43. The Hall–Kier alpha value is -0.460. The molecule has 1 aromatic heterocycles. The molecule has 0 bridgehead atoms. The van der Waals surface area contributed by atoms with Crippen molar-refractivity contribution in [1.29, 1.82) is 0 Å². The van der Waals surface area contributed by atoms with E-state index in [9.17, 15) is 0 Å². The first kappa shape index (κ1) is 11.6. The third kappa shape index (κ3) is 2.31. The molecule has 14 heavy (non-hydrogen) atoms. The van der Waals surface area contributed by atoms with Crippen molar-refractivity contribution in [1.82, 2.24) is 5.43 Å². The number of aryl methyl sites for hydroxylation is 1. The van der Waals surface area contributed by atoms with Crippen molar-refractivity contribution in [3.8, 4) is 0 Å². The SMILES string of the molecule is COC(OC)C(NN)c1ccsc1C. The number of hydrazine groups is 1. The van der Waals surface area contributed by atoms with E-state index in [2.05, 4.69) is 5.43 Å². The van der Waals surface area contributed by atoms with Crippen LogP contribution in [-0.4, -0.2) is 20.5 Å².